The van der Waals surface area contributed by atoms with Crippen LogP contribution < -0.4 is 5.32 Å². The predicted molar refractivity (Wildman–Crippen MR) is 53.0 cm³/mol. The van der Waals surface area contributed by atoms with Crippen LogP contribution in [0.3, 0.4) is 0 Å². The molecule has 0 aromatic heterocycles. The Balaban J connectivity index is 1.90. The molecule has 6 heteroatoms. The summed E-state index contributed by atoms with van der Waals surface area (Å²) < 4.78 is 5.40. The minimum Gasteiger partial charge on any atom is -0.463 e. The second-order valence-electron chi connectivity index (χ2n) is 3.60. The zero-order valence-electron chi connectivity index (χ0n) is 8.69. The number of ether oxygens (including phenoxy) is 1. The van der Waals surface area contributed by atoms with Crippen molar-refractivity contribution >= 4 is 6.09 Å². The smallest absolute Gasteiger partial charge is 0.431 e. The van der Waals surface area contributed by atoms with Gasteiger partial charge in [-0.05, 0) is 25.8 Å². The van der Waals surface area contributed by atoms with E-state index >= 15 is 0 Å². The highest BCUT2D eigenvalue weighted by atomic mass is 16.6. The number of amides is 1. The van der Waals surface area contributed by atoms with Gasteiger partial charge < -0.3 is 15.2 Å². The zero-order chi connectivity index (χ0) is 11.1. The number of carbonyl (C=O) groups is 1. The monoisotopic (exact) mass is 218 g/mol. The van der Waals surface area contributed by atoms with Crippen molar-refractivity contribution < 1.29 is 19.8 Å². The molecule has 0 aliphatic carbocycles. The van der Waals surface area contributed by atoms with E-state index in [0.717, 1.165) is 26.0 Å². The van der Waals surface area contributed by atoms with Gasteiger partial charge in [0.15, 0.2) is 0 Å². The first-order chi connectivity index (χ1) is 7.20. The van der Waals surface area contributed by atoms with Crippen LogP contribution in [0.1, 0.15) is 19.3 Å². The van der Waals surface area contributed by atoms with E-state index in [1.54, 1.807) is 0 Å². The van der Waals surface area contributed by atoms with E-state index in [0.29, 0.717) is 24.1 Å². The highest BCUT2D eigenvalue weighted by Crippen LogP contribution is 2.10. The van der Waals surface area contributed by atoms with E-state index < -0.39 is 6.09 Å². The fraction of sp³-hybridized carbons (Fsp3) is 0.889. The lowest BCUT2D eigenvalue weighted by Gasteiger charge is -2.12. The van der Waals surface area contributed by atoms with Crippen molar-refractivity contribution in [3.05, 3.63) is 0 Å². The molecule has 1 saturated heterocycles. The minimum atomic E-state index is -1.31. The SMILES string of the molecule is O=C(O)N(O)CCCNCC1CCCO1. The van der Waals surface area contributed by atoms with Crippen LogP contribution >= 0.6 is 0 Å². The Morgan fingerprint density at radius 3 is 3.00 bits per heavy atom. The van der Waals surface area contributed by atoms with Crippen LogP contribution in [-0.2, 0) is 4.74 Å². The van der Waals surface area contributed by atoms with Crippen molar-refractivity contribution in [3.63, 3.8) is 0 Å². The first-order valence-corrected chi connectivity index (χ1v) is 5.22. The first kappa shape index (κ1) is 12.2. The molecule has 6 nitrogen and oxygen atoms in total. The van der Waals surface area contributed by atoms with Gasteiger partial charge in [-0.25, -0.2) is 4.79 Å². The Labute approximate surface area is 88.8 Å². The Morgan fingerprint density at radius 1 is 1.60 bits per heavy atom. The molecule has 0 aromatic rings. The maximum absolute atomic E-state index is 10.2. The van der Waals surface area contributed by atoms with Gasteiger partial charge in [-0.2, -0.15) is 5.06 Å². The van der Waals surface area contributed by atoms with Crippen LogP contribution in [0.4, 0.5) is 4.79 Å². The van der Waals surface area contributed by atoms with E-state index in [1.165, 1.54) is 0 Å². The molecular formula is C9H18N2O4. The van der Waals surface area contributed by atoms with Gasteiger partial charge in [0, 0.05) is 13.2 Å². The number of carboxylic acid groups (broad SMARTS) is 1. The number of nitrogens with zero attached hydrogens (tertiary/aromatic N) is 1. The minimum absolute atomic E-state index is 0.133. The number of rotatable bonds is 6. The number of hydroxylamine groups is 2. The van der Waals surface area contributed by atoms with Gasteiger partial charge in [-0.1, -0.05) is 0 Å². The van der Waals surface area contributed by atoms with Crippen molar-refractivity contribution in [2.24, 2.45) is 0 Å². The maximum atomic E-state index is 10.2. The summed E-state index contributed by atoms with van der Waals surface area (Å²) in [6.07, 6.45) is 1.79. The van der Waals surface area contributed by atoms with Gasteiger partial charge in [0.1, 0.15) is 0 Å². The van der Waals surface area contributed by atoms with Crippen molar-refractivity contribution in [2.75, 3.05) is 26.2 Å². The molecule has 88 valence electrons. The molecule has 0 radical (unpaired) electrons. The summed E-state index contributed by atoms with van der Waals surface area (Å²) in [7, 11) is 0. The molecule has 0 aromatic carbocycles. The topological polar surface area (TPSA) is 82.0 Å². The first-order valence-electron chi connectivity index (χ1n) is 5.22. The molecule has 15 heavy (non-hydrogen) atoms. The average molecular weight is 218 g/mol. The summed E-state index contributed by atoms with van der Waals surface area (Å²) in [5.74, 6) is 0. The van der Waals surface area contributed by atoms with Crippen LogP contribution in [-0.4, -0.2) is 53.8 Å². The highest BCUT2D eigenvalue weighted by molar-refractivity contribution is 5.63. The van der Waals surface area contributed by atoms with Crippen molar-refractivity contribution in [2.45, 2.75) is 25.4 Å². The molecule has 1 unspecified atom stereocenters. The fourth-order valence-electron chi connectivity index (χ4n) is 1.52. The molecule has 1 heterocycles. The summed E-state index contributed by atoms with van der Waals surface area (Å²) in [6, 6.07) is 0. The molecule has 1 atom stereocenters. The Morgan fingerprint density at radius 2 is 2.40 bits per heavy atom. The van der Waals surface area contributed by atoms with Crippen LogP contribution in [0, 0.1) is 0 Å². The van der Waals surface area contributed by atoms with E-state index in [1.807, 2.05) is 0 Å². The van der Waals surface area contributed by atoms with Gasteiger partial charge in [0.05, 0.1) is 12.6 Å². The third kappa shape index (κ3) is 4.96. The number of nitrogens with one attached hydrogen (secondary N) is 1. The third-order valence-corrected chi connectivity index (χ3v) is 2.34. The van der Waals surface area contributed by atoms with Crippen LogP contribution in [0.2, 0.25) is 0 Å². The standard InChI is InChI=1S/C9H18N2O4/c12-9(13)11(14)5-2-4-10-7-8-3-1-6-15-8/h8,10,14H,1-7H2,(H,12,13). The van der Waals surface area contributed by atoms with E-state index in [-0.39, 0.29) is 6.54 Å². The van der Waals surface area contributed by atoms with E-state index in [4.69, 9.17) is 15.1 Å². The lowest BCUT2D eigenvalue weighted by atomic mass is 10.2. The molecule has 0 bridgehead atoms. The van der Waals surface area contributed by atoms with Crippen molar-refractivity contribution in [1.82, 2.24) is 10.4 Å². The van der Waals surface area contributed by atoms with Crippen LogP contribution in [0.5, 0.6) is 0 Å². The van der Waals surface area contributed by atoms with Gasteiger partial charge >= 0.3 is 6.09 Å². The van der Waals surface area contributed by atoms with E-state index in [9.17, 15) is 4.79 Å². The molecule has 1 aliphatic rings. The lowest BCUT2D eigenvalue weighted by Crippen LogP contribution is -2.31. The molecule has 3 N–H and O–H groups in total. The summed E-state index contributed by atoms with van der Waals surface area (Å²) in [4.78, 5) is 10.2. The average Bonchev–Trinajstić information content (AvgIpc) is 2.69. The van der Waals surface area contributed by atoms with Crippen LogP contribution in [0.25, 0.3) is 0 Å². The van der Waals surface area contributed by atoms with Crippen LogP contribution in [0.15, 0.2) is 0 Å². The van der Waals surface area contributed by atoms with Crippen molar-refractivity contribution in [1.29, 1.82) is 0 Å². The second kappa shape index (κ2) is 6.60. The lowest BCUT2D eigenvalue weighted by molar-refractivity contribution is -0.0640. The van der Waals surface area contributed by atoms with Gasteiger partial charge in [-0.15, -0.1) is 0 Å². The Kier molecular flexibility index (Phi) is 5.38. The van der Waals surface area contributed by atoms with E-state index in [2.05, 4.69) is 5.32 Å². The van der Waals surface area contributed by atoms with Gasteiger partial charge in [-0.3, -0.25) is 5.21 Å². The molecule has 1 fully saturated rings. The molecular weight excluding hydrogens is 200 g/mol. The molecule has 0 spiro atoms. The summed E-state index contributed by atoms with van der Waals surface area (Å²) in [5.41, 5.74) is 0. The normalized spacial score (nSPS) is 20.5. The quantitative estimate of drug-likeness (QED) is 0.344. The molecule has 1 aliphatic heterocycles. The molecule has 1 amide bonds. The molecule has 1 rings (SSSR count). The Bertz CT molecular complexity index is 195. The summed E-state index contributed by atoms with van der Waals surface area (Å²) in [5, 5.41) is 20.6. The van der Waals surface area contributed by atoms with Gasteiger partial charge in [0.2, 0.25) is 0 Å². The predicted octanol–water partition coefficient (Wildman–Crippen LogP) is 0.514. The van der Waals surface area contributed by atoms with Crippen molar-refractivity contribution in [3.8, 4) is 0 Å². The Hall–Kier alpha value is -0.850. The molecule has 0 saturated carbocycles. The number of hydrogen-bond acceptors (Lipinski definition) is 4. The fourth-order valence-corrected chi connectivity index (χ4v) is 1.52. The highest BCUT2D eigenvalue weighted by Gasteiger charge is 2.14. The summed E-state index contributed by atoms with van der Waals surface area (Å²) >= 11 is 0. The zero-order valence-corrected chi connectivity index (χ0v) is 8.69. The maximum Gasteiger partial charge on any atom is 0.431 e. The third-order valence-electron chi connectivity index (χ3n) is 2.34. The van der Waals surface area contributed by atoms with Gasteiger partial charge in [0.25, 0.3) is 0 Å². The largest absolute Gasteiger partial charge is 0.463 e. The number of hydrogen-bond donors (Lipinski definition) is 3. The summed E-state index contributed by atoms with van der Waals surface area (Å²) in [6.45, 7) is 2.46. The second-order valence-corrected chi connectivity index (χ2v) is 3.60.